The van der Waals surface area contributed by atoms with Crippen LogP contribution in [0.25, 0.3) is 20.5 Å². The number of anilines is 1. The highest BCUT2D eigenvalue weighted by atomic mass is 32.1. The van der Waals surface area contributed by atoms with Gasteiger partial charge in [-0.15, -0.1) is 11.3 Å². The summed E-state index contributed by atoms with van der Waals surface area (Å²) in [5, 5.41) is 4.89. The maximum absolute atomic E-state index is 6.26. The van der Waals surface area contributed by atoms with Gasteiger partial charge in [0.25, 0.3) is 0 Å². The van der Waals surface area contributed by atoms with E-state index < -0.39 is 0 Å². The molecule has 4 aromatic rings. The second kappa shape index (κ2) is 13.7. The van der Waals surface area contributed by atoms with Crippen molar-refractivity contribution in [1.29, 1.82) is 0 Å². The third-order valence-electron chi connectivity index (χ3n) is 8.35. The Kier molecular flexibility index (Phi) is 9.41. The first-order valence-corrected chi connectivity index (χ1v) is 16.3. The Morgan fingerprint density at radius 2 is 1.46 bits per heavy atom. The SMILES string of the molecule is CCNc1cc(Cc2c(-c3ccc(OCCN4CCCC4)cc3)sc3ccccc23)ccc1OCCN1CCCC1. The van der Waals surface area contributed by atoms with E-state index >= 15 is 0 Å². The number of nitrogens with zero attached hydrogens (tertiary/aromatic N) is 2. The van der Waals surface area contributed by atoms with E-state index in [-0.39, 0.29) is 0 Å². The van der Waals surface area contributed by atoms with Gasteiger partial charge >= 0.3 is 0 Å². The molecule has 0 unspecified atom stereocenters. The van der Waals surface area contributed by atoms with Crippen LogP contribution in [0.15, 0.2) is 66.7 Å². The zero-order valence-electron chi connectivity index (χ0n) is 24.4. The van der Waals surface area contributed by atoms with Gasteiger partial charge in [0, 0.05) is 29.2 Å². The molecule has 6 rings (SSSR count). The summed E-state index contributed by atoms with van der Waals surface area (Å²) in [6, 6.07) is 24.2. The fourth-order valence-electron chi connectivity index (χ4n) is 6.15. The Balaban J connectivity index is 1.18. The molecule has 0 spiro atoms. The first-order valence-electron chi connectivity index (χ1n) is 15.4. The number of thiophene rings is 1. The molecule has 2 aliphatic heterocycles. The Bertz CT molecular complexity index is 1400. The maximum atomic E-state index is 6.26. The number of hydrogen-bond donors (Lipinski definition) is 1. The lowest BCUT2D eigenvalue weighted by molar-refractivity contribution is 0.238. The molecule has 5 nitrogen and oxygen atoms in total. The van der Waals surface area contributed by atoms with Crippen molar-refractivity contribution in [3.8, 4) is 21.9 Å². The van der Waals surface area contributed by atoms with Crippen LogP contribution >= 0.6 is 11.3 Å². The molecule has 0 radical (unpaired) electrons. The number of ether oxygens (including phenoxy) is 2. The lowest BCUT2D eigenvalue weighted by Crippen LogP contribution is -2.25. The molecule has 6 heteroatoms. The van der Waals surface area contributed by atoms with E-state index in [4.69, 9.17) is 9.47 Å². The van der Waals surface area contributed by atoms with Crippen molar-refractivity contribution in [2.75, 3.05) is 64.3 Å². The van der Waals surface area contributed by atoms with Gasteiger partial charge in [-0.25, -0.2) is 0 Å². The van der Waals surface area contributed by atoms with Gasteiger partial charge in [0.1, 0.15) is 24.7 Å². The average Bonchev–Trinajstić information content (AvgIpc) is 3.78. The molecule has 0 amide bonds. The van der Waals surface area contributed by atoms with Crippen LogP contribution < -0.4 is 14.8 Å². The van der Waals surface area contributed by atoms with Crippen LogP contribution in [0.2, 0.25) is 0 Å². The third-order valence-corrected chi connectivity index (χ3v) is 9.61. The molecule has 0 aliphatic carbocycles. The predicted molar refractivity (Wildman–Crippen MR) is 173 cm³/mol. The Labute approximate surface area is 249 Å². The van der Waals surface area contributed by atoms with E-state index in [2.05, 4.69) is 88.8 Å². The van der Waals surface area contributed by atoms with E-state index in [0.717, 1.165) is 56.5 Å². The predicted octanol–water partition coefficient (Wildman–Crippen LogP) is 7.54. The first-order chi connectivity index (χ1) is 20.3. The summed E-state index contributed by atoms with van der Waals surface area (Å²) in [6.45, 7) is 11.3. The summed E-state index contributed by atoms with van der Waals surface area (Å²) >= 11 is 1.89. The van der Waals surface area contributed by atoms with Gasteiger partial charge in [-0.1, -0.05) is 24.3 Å². The van der Waals surface area contributed by atoms with Gasteiger partial charge in [0.15, 0.2) is 0 Å². The Hall–Kier alpha value is -3.06. The lowest BCUT2D eigenvalue weighted by atomic mass is 9.98. The summed E-state index contributed by atoms with van der Waals surface area (Å²) < 4.78 is 13.7. The molecule has 3 aromatic carbocycles. The second-order valence-electron chi connectivity index (χ2n) is 11.3. The fraction of sp³-hybridized carbons (Fsp3) is 0.429. The molecule has 2 aliphatic rings. The minimum atomic E-state index is 0.731. The second-order valence-corrected chi connectivity index (χ2v) is 12.3. The molecule has 216 valence electrons. The van der Waals surface area contributed by atoms with E-state index in [1.807, 2.05) is 11.3 Å². The van der Waals surface area contributed by atoms with Crippen molar-refractivity contribution in [2.24, 2.45) is 0 Å². The molecular weight excluding hydrogens is 526 g/mol. The third kappa shape index (κ3) is 7.06. The fourth-order valence-corrected chi connectivity index (χ4v) is 7.37. The molecule has 1 N–H and O–H groups in total. The van der Waals surface area contributed by atoms with Crippen molar-refractivity contribution >= 4 is 27.1 Å². The Morgan fingerprint density at radius 1 is 0.780 bits per heavy atom. The summed E-state index contributed by atoms with van der Waals surface area (Å²) in [4.78, 5) is 6.33. The van der Waals surface area contributed by atoms with Gasteiger partial charge < -0.3 is 14.8 Å². The topological polar surface area (TPSA) is 37.0 Å². The van der Waals surface area contributed by atoms with E-state index in [1.165, 1.54) is 83.5 Å². The molecular formula is C35H43N3O2S. The largest absolute Gasteiger partial charge is 0.492 e. The number of fused-ring (bicyclic) bond motifs is 1. The first kappa shape index (κ1) is 28.1. The highest BCUT2D eigenvalue weighted by Gasteiger charge is 2.17. The summed E-state index contributed by atoms with van der Waals surface area (Å²) in [5.41, 5.74) is 5.02. The van der Waals surface area contributed by atoms with E-state index in [1.54, 1.807) is 0 Å². The van der Waals surface area contributed by atoms with E-state index in [9.17, 15) is 0 Å². The number of likely N-dealkylation sites (tertiary alicyclic amines) is 2. The van der Waals surface area contributed by atoms with Crippen LogP contribution in [-0.4, -0.2) is 68.8 Å². The molecule has 2 saturated heterocycles. The molecule has 3 heterocycles. The highest BCUT2D eigenvalue weighted by molar-refractivity contribution is 7.22. The number of rotatable bonds is 13. The van der Waals surface area contributed by atoms with Crippen molar-refractivity contribution in [3.05, 3.63) is 77.9 Å². The summed E-state index contributed by atoms with van der Waals surface area (Å²) in [5.74, 6) is 1.90. The van der Waals surface area contributed by atoms with Crippen LogP contribution in [0.4, 0.5) is 5.69 Å². The van der Waals surface area contributed by atoms with Gasteiger partial charge in [0.05, 0.1) is 5.69 Å². The van der Waals surface area contributed by atoms with Crippen molar-refractivity contribution < 1.29 is 9.47 Å². The highest BCUT2D eigenvalue weighted by Crippen LogP contribution is 2.41. The average molecular weight is 570 g/mol. The number of benzene rings is 3. The number of nitrogens with one attached hydrogen (secondary N) is 1. The molecule has 1 aromatic heterocycles. The normalized spacial score (nSPS) is 16.0. The van der Waals surface area contributed by atoms with Gasteiger partial charge in [-0.05, 0) is 130 Å². The zero-order chi connectivity index (χ0) is 27.9. The van der Waals surface area contributed by atoms with Gasteiger partial charge in [0.2, 0.25) is 0 Å². The minimum absolute atomic E-state index is 0.731. The zero-order valence-corrected chi connectivity index (χ0v) is 25.2. The molecule has 0 saturated carbocycles. The lowest BCUT2D eigenvalue weighted by Gasteiger charge is -2.18. The van der Waals surface area contributed by atoms with Crippen LogP contribution in [0, 0.1) is 0 Å². The molecule has 0 atom stereocenters. The van der Waals surface area contributed by atoms with Crippen LogP contribution in [0.3, 0.4) is 0 Å². The molecule has 0 bridgehead atoms. The van der Waals surface area contributed by atoms with Crippen molar-refractivity contribution in [2.45, 2.75) is 39.0 Å². The summed E-state index contributed by atoms with van der Waals surface area (Å²) in [7, 11) is 0. The quantitative estimate of drug-likeness (QED) is 0.180. The van der Waals surface area contributed by atoms with Gasteiger partial charge in [-0.2, -0.15) is 0 Å². The standard InChI is InChI=1S/C35H43N3O2S/c1-2-36-32-26-27(11-16-33(32)40-24-22-38-19-7-8-20-38)25-31-30-9-3-4-10-34(30)41-35(31)28-12-14-29(15-13-28)39-23-21-37-17-5-6-18-37/h3-4,9-16,26,36H,2,5-8,17-25H2,1H3. The molecule has 41 heavy (non-hydrogen) atoms. The van der Waals surface area contributed by atoms with Crippen LogP contribution in [0.1, 0.15) is 43.7 Å². The number of hydrogen-bond acceptors (Lipinski definition) is 6. The van der Waals surface area contributed by atoms with Crippen LogP contribution in [-0.2, 0) is 6.42 Å². The summed E-state index contributed by atoms with van der Waals surface area (Å²) in [6.07, 6.45) is 6.14. The van der Waals surface area contributed by atoms with Crippen molar-refractivity contribution in [1.82, 2.24) is 9.80 Å². The maximum Gasteiger partial charge on any atom is 0.142 e. The van der Waals surface area contributed by atoms with Crippen molar-refractivity contribution in [3.63, 3.8) is 0 Å². The Morgan fingerprint density at radius 3 is 2.17 bits per heavy atom. The van der Waals surface area contributed by atoms with E-state index in [0.29, 0.717) is 0 Å². The molecule has 2 fully saturated rings. The monoisotopic (exact) mass is 569 g/mol. The van der Waals surface area contributed by atoms with Crippen LogP contribution in [0.5, 0.6) is 11.5 Å². The smallest absolute Gasteiger partial charge is 0.142 e. The minimum Gasteiger partial charge on any atom is -0.492 e. The van der Waals surface area contributed by atoms with Gasteiger partial charge in [-0.3, -0.25) is 9.80 Å².